The Morgan fingerprint density at radius 2 is 2.14 bits per heavy atom. The van der Waals surface area contributed by atoms with Crippen molar-refractivity contribution in [1.29, 1.82) is 0 Å². The molecule has 0 spiro atoms. The molecule has 1 aliphatic carbocycles. The summed E-state index contributed by atoms with van der Waals surface area (Å²) < 4.78 is 16.5. The van der Waals surface area contributed by atoms with E-state index < -0.39 is 0 Å². The lowest BCUT2D eigenvalue weighted by Gasteiger charge is -2.27. The Morgan fingerprint density at radius 3 is 2.90 bits per heavy atom. The first-order valence-corrected chi connectivity index (χ1v) is 7.65. The number of likely N-dealkylation sites (N-methyl/N-ethyl adjacent to an activating group) is 1. The lowest BCUT2D eigenvalue weighted by atomic mass is 10.1. The number of hydrogen-bond acceptors (Lipinski definition) is 5. The zero-order chi connectivity index (χ0) is 14.7. The highest BCUT2D eigenvalue weighted by Crippen LogP contribution is 2.35. The van der Waals surface area contributed by atoms with Crippen LogP contribution in [0, 0.1) is 5.92 Å². The first kappa shape index (κ1) is 14.6. The zero-order valence-electron chi connectivity index (χ0n) is 12.6. The number of benzene rings is 1. The van der Waals surface area contributed by atoms with Crippen molar-refractivity contribution >= 4 is 0 Å². The van der Waals surface area contributed by atoms with Crippen molar-refractivity contribution in [3.05, 3.63) is 23.8 Å². The molecule has 2 aliphatic rings. The molecule has 0 radical (unpaired) electrons. The van der Waals surface area contributed by atoms with Gasteiger partial charge in [-0.05, 0) is 43.5 Å². The number of rotatable bonds is 8. The summed E-state index contributed by atoms with van der Waals surface area (Å²) in [5, 5.41) is 0. The van der Waals surface area contributed by atoms with E-state index in [-0.39, 0.29) is 6.04 Å². The van der Waals surface area contributed by atoms with Crippen LogP contribution in [0.5, 0.6) is 11.5 Å². The number of hydrogen-bond donors (Lipinski definition) is 1. The van der Waals surface area contributed by atoms with Gasteiger partial charge in [0.25, 0.3) is 0 Å². The maximum atomic E-state index is 5.96. The lowest BCUT2D eigenvalue weighted by molar-refractivity contribution is 0.0922. The molecule has 1 unspecified atom stereocenters. The van der Waals surface area contributed by atoms with Gasteiger partial charge < -0.3 is 19.9 Å². The second kappa shape index (κ2) is 6.64. The second-order valence-corrected chi connectivity index (χ2v) is 5.86. The first-order chi connectivity index (χ1) is 10.3. The summed E-state index contributed by atoms with van der Waals surface area (Å²) in [4.78, 5) is 2.24. The maximum Gasteiger partial charge on any atom is 0.231 e. The zero-order valence-corrected chi connectivity index (χ0v) is 12.6. The third kappa shape index (κ3) is 3.67. The molecule has 1 aliphatic heterocycles. The van der Waals surface area contributed by atoms with Gasteiger partial charge in [0.05, 0.1) is 6.61 Å². The predicted octanol–water partition coefficient (Wildman–Crippen LogP) is 1.77. The molecule has 0 saturated heterocycles. The van der Waals surface area contributed by atoms with E-state index in [4.69, 9.17) is 19.9 Å². The van der Waals surface area contributed by atoms with Gasteiger partial charge in [-0.2, -0.15) is 0 Å². The van der Waals surface area contributed by atoms with Crippen LogP contribution < -0.4 is 15.2 Å². The molecule has 1 atom stereocenters. The highest BCUT2D eigenvalue weighted by atomic mass is 16.7. The molecule has 5 nitrogen and oxygen atoms in total. The highest BCUT2D eigenvalue weighted by molar-refractivity contribution is 5.45. The molecule has 0 aromatic heterocycles. The summed E-state index contributed by atoms with van der Waals surface area (Å²) >= 11 is 0. The van der Waals surface area contributed by atoms with Crippen LogP contribution in [-0.4, -0.2) is 45.0 Å². The molecule has 1 fully saturated rings. The van der Waals surface area contributed by atoms with Crippen LogP contribution in [0.25, 0.3) is 0 Å². The van der Waals surface area contributed by atoms with E-state index in [1.54, 1.807) is 0 Å². The Bertz CT molecular complexity index is 477. The first-order valence-electron chi connectivity index (χ1n) is 7.65. The minimum atomic E-state index is 0.170. The Balaban J connectivity index is 1.55. The smallest absolute Gasteiger partial charge is 0.231 e. The minimum absolute atomic E-state index is 0.170. The number of fused-ring (bicyclic) bond motifs is 1. The fourth-order valence-electron chi connectivity index (χ4n) is 2.59. The van der Waals surface area contributed by atoms with Crippen molar-refractivity contribution in [1.82, 2.24) is 4.90 Å². The van der Waals surface area contributed by atoms with Crippen molar-refractivity contribution in [2.24, 2.45) is 11.7 Å². The third-order valence-electron chi connectivity index (χ3n) is 4.18. The lowest BCUT2D eigenvalue weighted by Crippen LogP contribution is -2.33. The fourth-order valence-corrected chi connectivity index (χ4v) is 2.59. The van der Waals surface area contributed by atoms with E-state index in [9.17, 15) is 0 Å². The van der Waals surface area contributed by atoms with E-state index >= 15 is 0 Å². The van der Waals surface area contributed by atoms with Crippen LogP contribution in [0.2, 0.25) is 0 Å². The minimum Gasteiger partial charge on any atom is -0.454 e. The summed E-state index contributed by atoms with van der Waals surface area (Å²) in [7, 11) is 2.09. The Hall–Kier alpha value is -1.30. The van der Waals surface area contributed by atoms with E-state index in [0.29, 0.717) is 13.3 Å². The fraction of sp³-hybridized carbons (Fsp3) is 0.625. The maximum absolute atomic E-state index is 5.96. The molecular formula is C16H24N2O3. The van der Waals surface area contributed by atoms with Crippen molar-refractivity contribution < 1.29 is 14.2 Å². The molecule has 0 amide bonds. The largest absolute Gasteiger partial charge is 0.454 e. The molecule has 2 N–H and O–H groups in total. The molecule has 1 aromatic rings. The van der Waals surface area contributed by atoms with E-state index in [0.717, 1.165) is 42.7 Å². The molecule has 1 heterocycles. The molecule has 3 rings (SSSR count). The molecule has 1 aromatic carbocycles. The van der Waals surface area contributed by atoms with Gasteiger partial charge in [0.1, 0.15) is 0 Å². The predicted molar refractivity (Wildman–Crippen MR) is 80.5 cm³/mol. The van der Waals surface area contributed by atoms with E-state index in [2.05, 4.69) is 18.0 Å². The number of nitrogens with zero attached hydrogens (tertiary/aromatic N) is 1. The van der Waals surface area contributed by atoms with Gasteiger partial charge in [-0.1, -0.05) is 6.07 Å². The highest BCUT2D eigenvalue weighted by Gasteiger charge is 2.22. The summed E-state index contributed by atoms with van der Waals surface area (Å²) in [6.07, 6.45) is 2.66. The van der Waals surface area contributed by atoms with Crippen molar-refractivity contribution in [2.75, 3.05) is 40.1 Å². The van der Waals surface area contributed by atoms with Gasteiger partial charge in [-0.15, -0.1) is 0 Å². The Morgan fingerprint density at radius 1 is 1.33 bits per heavy atom. The number of nitrogens with two attached hydrogens (primary N) is 1. The normalized spacial score (nSPS) is 18.2. The quantitative estimate of drug-likeness (QED) is 0.740. The molecule has 1 saturated carbocycles. The Kier molecular flexibility index (Phi) is 4.63. The van der Waals surface area contributed by atoms with Gasteiger partial charge in [0, 0.05) is 25.7 Å². The molecular weight excluding hydrogens is 268 g/mol. The molecule has 116 valence electrons. The van der Waals surface area contributed by atoms with Crippen molar-refractivity contribution in [2.45, 2.75) is 18.9 Å². The van der Waals surface area contributed by atoms with Crippen LogP contribution in [-0.2, 0) is 4.74 Å². The summed E-state index contributed by atoms with van der Waals surface area (Å²) in [5.74, 6) is 2.43. The van der Waals surface area contributed by atoms with Gasteiger partial charge in [-0.25, -0.2) is 0 Å². The van der Waals surface area contributed by atoms with Crippen LogP contribution in [0.1, 0.15) is 24.4 Å². The summed E-state index contributed by atoms with van der Waals surface area (Å²) in [6, 6.07) is 6.22. The standard InChI is InChI=1S/C16H24N2O3/c1-18(6-7-19-10-12-2-3-12)14(9-17)13-4-5-15-16(8-13)21-11-20-15/h4-5,8,12,14H,2-3,6-7,9-11,17H2,1H3. The van der Waals surface area contributed by atoms with Gasteiger partial charge in [0.15, 0.2) is 11.5 Å². The second-order valence-electron chi connectivity index (χ2n) is 5.86. The van der Waals surface area contributed by atoms with Gasteiger partial charge >= 0.3 is 0 Å². The SMILES string of the molecule is CN(CCOCC1CC1)C(CN)c1ccc2c(c1)OCO2. The number of ether oxygens (including phenoxy) is 3. The van der Waals surface area contributed by atoms with Crippen molar-refractivity contribution in [3.8, 4) is 11.5 Å². The van der Waals surface area contributed by atoms with Crippen LogP contribution in [0.4, 0.5) is 0 Å². The van der Waals surface area contributed by atoms with Crippen LogP contribution >= 0.6 is 0 Å². The third-order valence-corrected chi connectivity index (χ3v) is 4.18. The summed E-state index contributed by atoms with van der Waals surface area (Å²) in [6.45, 7) is 3.41. The van der Waals surface area contributed by atoms with Crippen LogP contribution in [0.3, 0.4) is 0 Å². The van der Waals surface area contributed by atoms with Crippen molar-refractivity contribution in [3.63, 3.8) is 0 Å². The molecule has 21 heavy (non-hydrogen) atoms. The molecule has 0 bridgehead atoms. The van der Waals surface area contributed by atoms with E-state index in [1.807, 2.05) is 12.1 Å². The van der Waals surface area contributed by atoms with Crippen LogP contribution in [0.15, 0.2) is 18.2 Å². The average Bonchev–Trinajstić information content (AvgIpc) is 3.20. The summed E-state index contributed by atoms with van der Waals surface area (Å²) in [5.41, 5.74) is 7.12. The topological polar surface area (TPSA) is 57.0 Å². The van der Waals surface area contributed by atoms with E-state index in [1.165, 1.54) is 12.8 Å². The Labute approximate surface area is 126 Å². The molecule has 5 heteroatoms. The van der Waals surface area contributed by atoms with Gasteiger partial charge in [0.2, 0.25) is 6.79 Å². The monoisotopic (exact) mass is 292 g/mol. The van der Waals surface area contributed by atoms with Gasteiger partial charge in [-0.3, -0.25) is 4.90 Å². The average molecular weight is 292 g/mol.